The molecule has 0 radical (unpaired) electrons. The Balaban J connectivity index is 2.22. The summed E-state index contributed by atoms with van der Waals surface area (Å²) in [5.74, 6) is 1.78. The lowest BCUT2D eigenvalue weighted by Crippen LogP contribution is -2.04. The molecule has 0 N–H and O–H groups in total. The van der Waals surface area contributed by atoms with Crippen LogP contribution in [0.2, 0.25) is 0 Å². The van der Waals surface area contributed by atoms with Crippen LogP contribution in [0.15, 0.2) is 31.0 Å². The molecule has 0 saturated heterocycles. The third-order valence-electron chi connectivity index (χ3n) is 3.28. The third-order valence-corrected chi connectivity index (χ3v) is 3.28. The Hall–Kier alpha value is -2.43. The fraction of sp³-hybridized carbons (Fsp3) is 0.353. The van der Waals surface area contributed by atoms with E-state index in [9.17, 15) is 0 Å². The van der Waals surface area contributed by atoms with Crippen LogP contribution in [0.1, 0.15) is 31.1 Å². The first-order valence-electron chi connectivity index (χ1n) is 7.14. The standard InChI is InChI=1S/C17H22N2O3/c1-6-13-9-15(20-4)17(16(10-13)21-5)22-11-14-7-8-19(18-14)12(2)3/h6-10,12H,1,11H2,2-5H3. The molecule has 0 saturated carbocycles. The molecule has 0 fully saturated rings. The number of methoxy groups -OCH3 is 2. The summed E-state index contributed by atoms with van der Waals surface area (Å²) in [6.45, 7) is 8.27. The molecule has 0 atom stereocenters. The van der Waals surface area contributed by atoms with Crippen molar-refractivity contribution >= 4 is 6.08 Å². The Morgan fingerprint density at radius 2 is 1.86 bits per heavy atom. The van der Waals surface area contributed by atoms with Crippen LogP contribution in [0.3, 0.4) is 0 Å². The van der Waals surface area contributed by atoms with Gasteiger partial charge in [-0.1, -0.05) is 12.7 Å². The monoisotopic (exact) mass is 302 g/mol. The van der Waals surface area contributed by atoms with Crippen molar-refractivity contribution in [2.45, 2.75) is 26.5 Å². The van der Waals surface area contributed by atoms with Crippen LogP contribution in [0.5, 0.6) is 17.2 Å². The third kappa shape index (κ3) is 3.42. The van der Waals surface area contributed by atoms with Crippen molar-refractivity contribution in [3.8, 4) is 17.2 Å². The molecule has 118 valence electrons. The normalized spacial score (nSPS) is 10.6. The van der Waals surface area contributed by atoms with E-state index in [0.717, 1.165) is 11.3 Å². The second-order valence-electron chi connectivity index (χ2n) is 5.13. The minimum Gasteiger partial charge on any atom is -0.493 e. The van der Waals surface area contributed by atoms with Crippen molar-refractivity contribution in [1.29, 1.82) is 0 Å². The van der Waals surface area contributed by atoms with Crippen molar-refractivity contribution in [3.63, 3.8) is 0 Å². The van der Waals surface area contributed by atoms with Gasteiger partial charge in [0.1, 0.15) is 6.61 Å². The van der Waals surface area contributed by atoms with Crippen molar-refractivity contribution in [2.75, 3.05) is 14.2 Å². The highest BCUT2D eigenvalue weighted by atomic mass is 16.5. The summed E-state index contributed by atoms with van der Waals surface area (Å²) in [5, 5.41) is 4.46. The number of hydrogen-bond acceptors (Lipinski definition) is 4. The molecular weight excluding hydrogens is 280 g/mol. The smallest absolute Gasteiger partial charge is 0.203 e. The summed E-state index contributed by atoms with van der Waals surface area (Å²) in [5.41, 5.74) is 1.76. The quantitative estimate of drug-likeness (QED) is 0.782. The van der Waals surface area contributed by atoms with Gasteiger partial charge in [-0.15, -0.1) is 0 Å². The van der Waals surface area contributed by atoms with Crippen LogP contribution in [-0.4, -0.2) is 24.0 Å². The number of hydrogen-bond donors (Lipinski definition) is 0. The van der Waals surface area contributed by atoms with E-state index >= 15 is 0 Å². The summed E-state index contributed by atoms with van der Waals surface area (Å²) < 4.78 is 18.5. The highest BCUT2D eigenvalue weighted by molar-refractivity contribution is 5.61. The maximum absolute atomic E-state index is 5.87. The predicted molar refractivity (Wildman–Crippen MR) is 86.6 cm³/mol. The first kappa shape index (κ1) is 15.9. The van der Waals surface area contributed by atoms with Crippen LogP contribution in [0, 0.1) is 0 Å². The van der Waals surface area contributed by atoms with Crippen molar-refractivity contribution in [2.24, 2.45) is 0 Å². The Morgan fingerprint density at radius 1 is 1.23 bits per heavy atom. The largest absolute Gasteiger partial charge is 0.493 e. The van der Waals surface area contributed by atoms with Crippen molar-refractivity contribution in [3.05, 3.63) is 42.2 Å². The van der Waals surface area contributed by atoms with Gasteiger partial charge in [0.05, 0.1) is 19.9 Å². The predicted octanol–water partition coefficient (Wildman–Crippen LogP) is 3.70. The van der Waals surface area contributed by atoms with Gasteiger partial charge in [-0.05, 0) is 37.6 Å². The summed E-state index contributed by atoms with van der Waals surface area (Å²) in [7, 11) is 3.20. The van der Waals surface area contributed by atoms with Crippen LogP contribution in [0.25, 0.3) is 6.08 Å². The second kappa shape index (κ2) is 7.02. The zero-order valence-corrected chi connectivity index (χ0v) is 13.5. The number of nitrogens with zero attached hydrogens (tertiary/aromatic N) is 2. The maximum Gasteiger partial charge on any atom is 0.203 e. The first-order valence-corrected chi connectivity index (χ1v) is 7.14. The molecule has 5 nitrogen and oxygen atoms in total. The van der Waals surface area contributed by atoms with Gasteiger partial charge in [0.2, 0.25) is 5.75 Å². The van der Waals surface area contributed by atoms with Gasteiger partial charge >= 0.3 is 0 Å². The lowest BCUT2D eigenvalue weighted by molar-refractivity contribution is 0.261. The van der Waals surface area contributed by atoms with Gasteiger partial charge in [-0.3, -0.25) is 4.68 Å². The molecule has 0 bridgehead atoms. The highest BCUT2D eigenvalue weighted by Crippen LogP contribution is 2.39. The molecule has 0 aliphatic carbocycles. The molecular formula is C17H22N2O3. The van der Waals surface area contributed by atoms with Gasteiger partial charge in [0, 0.05) is 12.2 Å². The van der Waals surface area contributed by atoms with E-state index in [1.807, 2.05) is 29.1 Å². The molecule has 0 amide bonds. The molecule has 0 aliphatic rings. The summed E-state index contributed by atoms with van der Waals surface area (Å²) in [6.07, 6.45) is 3.68. The van der Waals surface area contributed by atoms with Gasteiger partial charge in [0.15, 0.2) is 11.5 Å². The van der Waals surface area contributed by atoms with E-state index in [2.05, 4.69) is 25.5 Å². The van der Waals surface area contributed by atoms with Gasteiger partial charge in [-0.25, -0.2) is 0 Å². The minimum atomic E-state index is 0.324. The molecule has 0 spiro atoms. The van der Waals surface area contributed by atoms with Crippen molar-refractivity contribution in [1.82, 2.24) is 9.78 Å². The minimum absolute atomic E-state index is 0.324. The molecule has 5 heteroatoms. The SMILES string of the molecule is C=Cc1cc(OC)c(OCc2ccn(C(C)C)n2)c(OC)c1. The van der Waals surface area contributed by atoms with E-state index in [-0.39, 0.29) is 0 Å². The fourth-order valence-electron chi connectivity index (χ4n) is 2.05. The molecule has 0 aliphatic heterocycles. The lowest BCUT2D eigenvalue weighted by atomic mass is 10.2. The Kier molecular flexibility index (Phi) is 5.09. The number of rotatable bonds is 7. The molecule has 1 aromatic carbocycles. The van der Waals surface area contributed by atoms with Gasteiger partial charge in [0.25, 0.3) is 0 Å². The number of ether oxygens (including phenoxy) is 3. The summed E-state index contributed by atoms with van der Waals surface area (Å²) in [4.78, 5) is 0. The lowest BCUT2D eigenvalue weighted by Gasteiger charge is -2.14. The topological polar surface area (TPSA) is 45.5 Å². The Labute approximate surface area is 131 Å². The molecule has 2 aromatic rings. The average Bonchev–Trinajstić information content (AvgIpc) is 3.01. The number of benzene rings is 1. The van der Waals surface area contributed by atoms with E-state index < -0.39 is 0 Å². The van der Waals surface area contributed by atoms with E-state index in [1.165, 1.54) is 0 Å². The molecule has 2 rings (SSSR count). The summed E-state index contributed by atoms with van der Waals surface area (Å²) >= 11 is 0. The summed E-state index contributed by atoms with van der Waals surface area (Å²) in [6, 6.07) is 5.98. The Bertz CT molecular complexity index is 622. The molecule has 1 heterocycles. The molecule has 1 aromatic heterocycles. The highest BCUT2D eigenvalue weighted by Gasteiger charge is 2.14. The maximum atomic E-state index is 5.87. The van der Waals surface area contributed by atoms with Crippen LogP contribution in [-0.2, 0) is 6.61 Å². The fourth-order valence-corrected chi connectivity index (χ4v) is 2.05. The van der Waals surface area contributed by atoms with Crippen molar-refractivity contribution < 1.29 is 14.2 Å². The van der Waals surface area contributed by atoms with Gasteiger partial charge in [-0.2, -0.15) is 5.10 Å². The van der Waals surface area contributed by atoms with Crippen LogP contribution in [0.4, 0.5) is 0 Å². The number of aromatic nitrogens is 2. The van der Waals surface area contributed by atoms with E-state index in [0.29, 0.717) is 29.9 Å². The first-order chi connectivity index (χ1) is 10.6. The van der Waals surface area contributed by atoms with Crippen LogP contribution < -0.4 is 14.2 Å². The Morgan fingerprint density at radius 3 is 2.32 bits per heavy atom. The van der Waals surface area contributed by atoms with E-state index in [4.69, 9.17) is 14.2 Å². The van der Waals surface area contributed by atoms with Gasteiger partial charge < -0.3 is 14.2 Å². The van der Waals surface area contributed by atoms with E-state index in [1.54, 1.807) is 20.3 Å². The van der Waals surface area contributed by atoms with Crippen LogP contribution >= 0.6 is 0 Å². The zero-order valence-electron chi connectivity index (χ0n) is 13.5. The zero-order chi connectivity index (χ0) is 16.1. The molecule has 0 unspecified atom stereocenters. The second-order valence-corrected chi connectivity index (χ2v) is 5.13. The average molecular weight is 302 g/mol. The molecule has 22 heavy (non-hydrogen) atoms.